The number of hydrogen-bond donors (Lipinski definition) is 1. The third-order valence-electron chi connectivity index (χ3n) is 5.96. The number of carboxylic acid groups (broad SMARTS) is 1. The Morgan fingerprint density at radius 3 is 1.97 bits per heavy atom. The molecule has 0 bridgehead atoms. The molecule has 0 saturated carbocycles. The predicted octanol–water partition coefficient (Wildman–Crippen LogP) is 4.82. The number of amides is 2. The van der Waals surface area contributed by atoms with Gasteiger partial charge < -0.3 is 9.84 Å². The molecule has 0 fully saturated rings. The first-order chi connectivity index (χ1) is 16.0. The third kappa shape index (κ3) is 4.86. The van der Waals surface area contributed by atoms with Gasteiger partial charge in [0.1, 0.15) is 0 Å². The van der Waals surface area contributed by atoms with Crippen molar-refractivity contribution in [3.05, 3.63) is 95.6 Å². The molecule has 3 aromatic carbocycles. The number of nitrogens with zero attached hydrogens (tertiary/aromatic N) is 1. The average Bonchev–Trinajstić information content (AvgIpc) is 3.09. The highest BCUT2D eigenvalue weighted by molar-refractivity contribution is 6.21. The van der Waals surface area contributed by atoms with E-state index in [-0.39, 0.29) is 37.5 Å². The van der Waals surface area contributed by atoms with E-state index < -0.39 is 11.9 Å². The minimum Gasteiger partial charge on any atom is -0.481 e. The van der Waals surface area contributed by atoms with Crippen molar-refractivity contribution < 1.29 is 24.2 Å². The standard InChI is InChI=1S/C27H25NO5/c1-18(19-11-13-21(14-12-19)20-7-3-2-4-8-20)33-17-22(27(31)32)15-16-28-25(29)23-9-5-6-10-24(23)26(28)30/h2-14,18,22H,15-17H2,1H3,(H,31,32). The van der Waals surface area contributed by atoms with E-state index in [1.165, 1.54) is 0 Å². The van der Waals surface area contributed by atoms with E-state index in [1.807, 2.05) is 61.5 Å². The van der Waals surface area contributed by atoms with Gasteiger partial charge in [-0.3, -0.25) is 19.3 Å². The average molecular weight is 443 g/mol. The smallest absolute Gasteiger partial charge is 0.308 e. The second-order valence-electron chi connectivity index (χ2n) is 8.09. The summed E-state index contributed by atoms with van der Waals surface area (Å²) in [5, 5.41) is 9.63. The first-order valence-electron chi connectivity index (χ1n) is 10.9. The summed E-state index contributed by atoms with van der Waals surface area (Å²) in [6.07, 6.45) is -0.170. The zero-order valence-electron chi connectivity index (χ0n) is 18.3. The van der Waals surface area contributed by atoms with E-state index in [1.54, 1.807) is 24.3 Å². The Hall–Kier alpha value is -3.77. The van der Waals surface area contributed by atoms with Crippen molar-refractivity contribution in [2.24, 2.45) is 5.92 Å². The molecule has 6 heteroatoms. The molecule has 4 rings (SSSR count). The first-order valence-corrected chi connectivity index (χ1v) is 10.9. The largest absolute Gasteiger partial charge is 0.481 e. The molecule has 0 radical (unpaired) electrons. The molecule has 0 saturated heterocycles. The van der Waals surface area contributed by atoms with Gasteiger partial charge in [-0.15, -0.1) is 0 Å². The van der Waals surface area contributed by atoms with Crippen molar-refractivity contribution in [1.29, 1.82) is 0 Å². The van der Waals surface area contributed by atoms with E-state index in [0.717, 1.165) is 21.6 Å². The summed E-state index contributed by atoms with van der Waals surface area (Å²) >= 11 is 0. The van der Waals surface area contributed by atoms with Gasteiger partial charge in [0.2, 0.25) is 0 Å². The van der Waals surface area contributed by atoms with Crippen LogP contribution < -0.4 is 0 Å². The van der Waals surface area contributed by atoms with Crippen LogP contribution in [-0.4, -0.2) is 40.9 Å². The highest BCUT2D eigenvalue weighted by Gasteiger charge is 2.35. The van der Waals surface area contributed by atoms with E-state index in [4.69, 9.17) is 4.74 Å². The number of carboxylic acids is 1. The van der Waals surface area contributed by atoms with E-state index in [9.17, 15) is 19.5 Å². The molecule has 33 heavy (non-hydrogen) atoms. The number of benzene rings is 3. The van der Waals surface area contributed by atoms with E-state index >= 15 is 0 Å². The molecule has 0 spiro atoms. The van der Waals surface area contributed by atoms with Gasteiger partial charge in [0.15, 0.2) is 0 Å². The highest BCUT2D eigenvalue weighted by Crippen LogP contribution is 2.26. The number of rotatable bonds is 9. The third-order valence-corrected chi connectivity index (χ3v) is 5.96. The maximum absolute atomic E-state index is 12.5. The molecule has 6 nitrogen and oxygen atoms in total. The molecule has 0 aliphatic carbocycles. The number of imide groups is 1. The Morgan fingerprint density at radius 2 is 1.39 bits per heavy atom. The lowest BCUT2D eigenvalue weighted by Crippen LogP contribution is -2.34. The quantitative estimate of drug-likeness (QED) is 0.480. The van der Waals surface area contributed by atoms with Gasteiger partial charge in [0.25, 0.3) is 11.8 Å². The normalized spacial score (nSPS) is 14.8. The van der Waals surface area contributed by atoms with Crippen molar-refractivity contribution in [1.82, 2.24) is 4.90 Å². The molecule has 1 N–H and O–H groups in total. The van der Waals surface area contributed by atoms with Gasteiger partial charge in [0.05, 0.1) is 29.8 Å². The van der Waals surface area contributed by atoms with Crippen LogP contribution in [0.2, 0.25) is 0 Å². The lowest BCUT2D eigenvalue weighted by Gasteiger charge is -2.20. The summed E-state index contributed by atoms with van der Waals surface area (Å²) in [5.74, 6) is -2.61. The molecule has 168 valence electrons. The van der Waals surface area contributed by atoms with Gasteiger partial charge >= 0.3 is 5.97 Å². The molecule has 1 aliphatic heterocycles. The van der Waals surface area contributed by atoms with Crippen LogP contribution in [0, 0.1) is 5.92 Å². The number of aliphatic carboxylic acids is 1. The Bertz CT molecular complexity index is 1120. The van der Waals surface area contributed by atoms with Crippen molar-refractivity contribution in [2.45, 2.75) is 19.4 Å². The van der Waals surface area contributed by atoms with Crippen LogP contribution in [0.5, 0.6) is 0 Å². The fourth-order valence-corrected chi connectivity index (χ4v) is 3.94. The molecule has 1 aliphatic rings. The summed E-state index contributed by atoms with van der Waals surface area (Å²) in [6.45, 7) is 1.90. The molecule has 0 aromatic heterocycles. The Labute approximate surface area is 192 Å². The van der Waals surface area contributed by atoms with Crippen LogP contribution in [0.25, 0.3) is 11.1 Å². The van der Waals surface area contributed by atoms with Crippen molar-refractivity contribution in [3.8, 4) is 11.1 Å². The highest BCUT2D eigenvalue weighted by atomic mass is 16.5. The molecular formula is C27H25NO5. The van der Waals surface area contributed by atoms with Gasteiger partial charge in [-0.1, -0.05) is 66.7 Å². The predicted molar refractivity (Wildman–Crippen MR) is 124 cm³/mol. The lowest BCUT2D eigenvalue weighted by atomic mass is 10.0. The van der Waals surface area contributed by atoms with Crippen molar-refractivity contribution >= 4 is 17.8 Å². The van der Waals surface area contributed by atoms with E-state index in [2.05, 4.69) is 0 Å². The summed E-state index contributed by atoms with van der Waals surface area (Å²) in [7, 11) is 0. The molecular weight excluding hydrogens is 418 g/mol. The second-order valence-corrected chi connectivity index (χ2v) is 8.09. The molecule has 2 amide bonds. The minimum atomic E-state index is -1.02. The van der Waals surface area contributed by atoms with Crippen molar-refractivity contribution in [2.75, 3.05) is 13.2 Å². The maximum Gasteiger partial charge on any atom is 0.308 e. The summed E-state index contributed by atoms with van der Waals surface area (Å²) in [6, 6.07) is 24.6. The second kappa shape index (κ2) is 9.79. The van der Waals surface area contributed by atoms with Gasteiger partial charge in [-0.25, -0.2) is 0 Å². The first kappa shape index (κ1) is 22.4. The Balaban J connectivity index is 1.34. The SMILES string of the molecule is CC(OCC(CCN1C(=O)c2ccccc2C1=O)C(=O)O)c1ccc(-c2ccccc2)cc1. The molecule has 3 aromatic rings. The Morgan fingerprint density at radius 1 is 0.848 bits per heavy atom. The van der Waals surface area contributed by atoms with Crippen LogP contribution in [0.15, 0.2) is 78.9 Å². The van der Waals surface area contributed by atoms with Crippen LogP contribution in [-0.2, 0) is 9.53 Å². The van der Waals surface area contributed by atoms with E-state index in [0.29, 0.717) is 11.1 Å². The topological polar surface area (TPSA) is 83.9 Å². The van der Waals surface area contributed by atoms with Crippen LogP contribution in [0.3, 0.4) is 0 Å². The Kier molecular flexibility index (Phi) is 6.66. The minimum absolute atomic E-state index is 0.0138. The molecule has 2 atom stereocenters. The van der Waals surface area contributed by atoms with Gasteiger partial charge in [0, 0.05) is 6.54 Å². The number of ether oxygens (including phenoxy) is 1. The zero-order chi connectivity index (χ0) is 23.4. The fourth-order valence-electron chi connectivity index (χ4n) is 3.94. The van der Waals surface area contributed by atoms with Crippen LogP contribution in [0.1, 0.15) is 45.7 Å². The van der Waals surface area contributed by atoms with Crippen molar-refractivity contribution in [3.63, 3.8) is 0 Å². The number of fused-ring (bicyclic) bond motifs is 1. The number of hydrogen-bond acceptors (Lipinski definition) is 4. The molecule has 2 unspecified atom stereocenters. The number of carbonyl (C=O) groups excluding carboxylic acids is 2. The zero-order valence-corrected chi connectivity index (χ0v) is 18.3. The summed E-state index contributed by atoms with van der Waals surface area (Å²) in [5.41, 5.74) is 3.88. The number of carbonyl (C=O) groups is 3. The maximum atomic E-state index is 12.5. The summed E-state index contributed by atoms with van der Waals surface area (Å²) in [4.78, 5) is 37.9. The van der Waals surface area contributed by atoms with Gasteiger partial charge in [-0.05, 0) is 42.2 Å². The molecule has 1 heterocycles. The van der Waals surface area contributed by atoms with Crippen LogP contribution in [0.4, 0.5) is 0 Å². The van der Waals surface area contributed by atoms with Crippen LogP contribution >= 0.6 is 0 Å². The summed E-state index contributed by atoms with van der Waals surface area (Å²) < 4.78 is 5.86. The fraction of sp³-hybridized carbons (Fsp3) is 0.222. The van der Waals surface area contributed by atoms with Gasteiger partial charge in [-0.2, -0.15) is 0 Å². The lowest BCUT2D eigenvalue weighted by molar-refractivity contribution is -0.145. The monoisotopic (exact) mass is 443 g/mol.